The van der Waals surface area contributed by atoms with Crippen molar-refractivity contribution in [3.05, 3.63) is 66.2 Å². The van der Waals surface area contributed by atoms with Crippen molar-refractivity contribution in [1.82, 2.24) is 5.16 Å². The number of oxime groups is 2. The molecule has 0 aliphatic rings. The van der Waals surface area contributed by atoms with Crippen LogP contribution in [0.2, 0.25) is 0 Å². The average molecular weight is 311 g/mol. The normalized spacial score (nSPS) is 11.5. The predicted octanol–water partition coefficient (Wildman–Crippen LogP) is 0.844. The van der Waals surface area contributed by atoms with E-state index in [2.05, 4.69) is 15.5 Å². The first-order valence-corrected chi connectivity index (χ1v) is 6.67. The molecule has 0 saturated carbocycles. The molecule has 0 aliphatic carbocycles. The number of hydrogen-bond acceptors (Lipinski definition) is 6. The third-order valence-electron chi connectivity index (χ3n) is 3.13. The van der Waals surface area contributed by atoms with Crippen LogP contribution in [0.15, 0.2) is 69.7 Å². The molecule has 3 aromatic heterocycles. The molecular weight excluding hydrogens is 298 g/mol. The second kappa shape index (κ2) is 6.48. The molecule has 0 radical (unpaired) electrons. The first-order chi connectivity index (χ1) is 11.3. The monoisotopic (exact) mass is 311 g/mol. The summed E-state index contributed by atoms with van der Waals surface area (Å²) >= 11 is 0. The lowest BCUT2D eigenvalue weighted by atomic mass is 10.3. The zero-order valence-corrected chi connectivity index (χ0v) is 11.9. The van der Waals surface area contributed by atoms with Gasteiger partial charge in [-0.3, -0.25) is 0 Å². The molecule has 0 fully saturated rings. The van der Waals surface area contributed by atoms with Gasteiger partial charge in [0.1, 0.15) is 12.4 Å². The molecule has 3 aromatic rings. The highest BCUT2D eigenvalue weighted by molar-refractivity contribution is 5.75. The topological polar surface area (TPSA) is 99.0 Å². The third kappa shape index (κ3) is 2.91. The fourth-order valence-electron chi connectivity index (χ4n) is 2.13. The van der Waals surface area contributed by atoms with E-state index in [4.69, 9.17) is 14.9 Å². The lowest BCUT2D eigenvalue weighted by Crippen LogP contribution is -2.36. The van der Waals surface area contributed by atoms with Crippen molar-refractivity contribution in [3.8, 4) is 11.7 Å². The van der Waals surface area contributed by atoms with Crippen molar-refractivity contribution in [2.24, 2.45) is 10.3 Å². The number of nitrogens with zero attached hydrogens (tertiary/aromatic N) is 5. The maximum atomic E-state index is 8.74. The van der Waals surface area contributed by atoms with E-state index < -0.39 is 0 Å². The van der Waals surface area contributed by atoms with Crippen LogP contribution in [0, 0.1) is 0 Å². The Balaban J connectivity index is 2.06. The Morgan fingerprint density at radius 2 is 1.52 bits per heavy atom. The van der Waals surface area contributed by atoms with Crippen LogP contribution in [-0.4, -0.2) is 28.0 Å². The van der Waals surface area contributed by atoms with Gasteiger partial charge in [0.2, 0.25) is 5.69 Å². The van der Waals surface area contributed by atoms with Gasteiger partial charge in [-0.1, -0.05) is 16.4 Å². The van der Waals surface area contributed by atoms with Gasteiger partial charge < -0.3 is 10.4 Å². The lowest BCUT2D eigenvalue weighted by Gasteiger charge is -1.95. The van der Waals surface area contributed by atoms with Crippen LogP contribution in [0.5, 0.6) is 0 Å². The van der Waals surface area contributed by atoms with Crippen molar-refractivity contribution in [1.29, 1.82) is 0 Å². The fourth-order valence-corrected chi connectivity index (χ4v) is 2.13. The molecule has 114 valence electrons. The summed E-state index contributed by atoms with van der Waals surface area (Å²) in [4.78, 5) is 0. The van der Waals surface area contributed by atoms with Gasteiger partial charge in [0.15, 0.2) is 23.1 Å². The third-order valence-corrected chi connectivity index (χ3v) is 3.13. The van der Waals surface area contributed by atoms with E-state index in [0.29, 0.717) is 23.1 Å². The van der Waals surface area contributed by atoms with Gasteiger partial charge in [-0.15, -0.1) is 4.57 Å². The number of pyridine rings is 2. The molecule has 0 atom stereocenters. The van der Waals surface area contributed by atoms with Crippen LogP contribution in [-0.2, 0) is 0 Å². The van der Waals surface area contributed by atoms with E-state index in [-0.39, 0.29) is 0 Å². The van der Waals surface area contributed by atoms with Crippen molar-refractivity contribution in [2.75, 3.05) is 0 Å². The molecule has 0 saturated heterocycles. The first-order valence-electron chi connectivity index (χ1n) is 6.67. The minimum atomic E-state index is 0.443. The summed E-state index contributed by atoms with van der Waals surface area (Å²) in [5.74, 6) is 0.956. The Morgan fingerprint density at radius 3 is 2.17 bits per heavy atom. The van der Waals surface area contributed by atoms with Crippen molar-refractivity contribution in [2.45, 2.75) is 0 Å². The van der Waals surface area contributed by atoms with E-state index in [1.54, 1.807) is 39.7 Å². The predicted molar refractivity (Wildman–Crippen MR) is 78.3 cm³/mol. The molecule has 0 aliphatic heterocycles. The molecular formula is C15H13N5O3+2. The Bertz CT molecular complexity index is 803. The van der Waals surface area contributed by atoms with E-state index >= 15 is 0 Å². The first kappa shape index (κ1) is 14.4. The highest BCUT2D eigenvalue weighted by atomic mass is 16.5. The summed E-state index contributed by atoms with van der Waals surface area (Å²) in [5.41, 5.74) is 1.25. The summed E-state index contributed by atoms with van der Waals surface area (Å²) in [7, 11) is 0. The molecule has 8 heteroatoms. The molecule has 0 amide bonds. The van der Waals surface area contributed by atoms with Crippen LogP contribution < -0.4 is 9.13 Å². The number of aromatic nitrogens is 3. The average Bonchev–Trinajstić information content (AvgIpc) is 3.06. The van der Waals surface area contributed by atoms with Gasteiger partial charge >= 0.3 is 11.7 Å². The van der Waals surface area contributed by atoms with Gasteiger partial charge in [-0.05, 0) is 18.2 Å². The molecule has 3 rings (SSSR count). The molecule has 0 spiro atoms. The highest BCUT2D eigenvalue weighted by Crippen LogP contribution is 2.05. The van der Waals surface area contributed by atoms with E-state index in [9.17, 15) is 0 Å². The molecule has 2 N–H and O–H groups in total. The maximum absolute atomic E-state index is 8.74. The SMILES string of the molecule is O/N=C/c1cccc[n+]1-c1cc(-[n+]2ccccc2/C=N/O)on1. The Hall–Kier alpha value is -3.55. The standard InChI is InChI=1S/C15H11N5O3/c21-16-10-12-5-1-3-7-19(12)14-9-15(23-18-14)20-8-4-2-6-13(20)11-17-22/h1-11H/p+2. The van der Waals surface area contributed by atoms with Gasteiger partial charge in [0, 0.05) is 12.1 Å². The summed E-state index contributed by atoms with van der Waals surface area (Å²) in [6.07, 6.45) is 6.12. The summed E-state index contributed by atoms with van der Waals surface area (Å²) < 4.78 is 8.75. The molecule has 3 heterocycles. The van der Waals surface area contributed by atoms with Crippen molar-refractivity contribution in [3.63, 3.8) is 0 Å². The van der Waals surface area contributed by atoms with E-state index in [0.717, 1.165) is 0 Å². The van der Waals surface area contributed by atoms with Gasteiger partial charge in [0.05, 0.1) is 6.20 Å². The zero-order chi connectivity index (χ0) is 16.1. The van der Waals surface area contributed by atoms with Gasteiger partial charge in [-0.25, -0.2) is 0 Å². The largest absolute Gasteiger partial charge is 0.432 e. The summed E-state index contributed by atoms with van der Waals surface area (Å²) in [6.45, 7) is 0. The van der Waals surface area contributed by atoms with Crippen LogP contribution in [0.4, 0.5) is 0 Å². The second-order valence-corrected chi connectivity index (χ2v) is 4.50. The minimum Gasteiger partial charge on any atom is -0.411 e. The zero-order valence-electron chi connectivity index (χ0n) is 11.9. The summed E-state index contributed by atoms with van der Waals surface area (Å²) in [5, 5.41) is 27.6. The van der Waals surface area contributed by atoms with Crippen LogP contribution >= 0.6 is 0 Å². The minimum absolute atomic E-state index is 0.443. The molecule has 0 bridgehead atoms. The van der Waals surface area contributed by atoms with Crippen LogP contribution in [0.25, 0.3) is 11.7 Å². The van der Waals surface area contributed by atoms with E-state index in [1.165, 1.54) is 12.4 Å². The lowest BCUT2D eigenvalue weighted by molar-refractivity contribution is -0.611. The van der Waals surface area contributed by atoms with E-state index in [1.807, 2.05) is 24.3 Å². The number of hydrogen-bond donors (Lipinski definition) is 2. The van der Waals surface area contributed by atoms with Crippen molar-refractivity contribution >= 4 is 12.4 Å². The fraction of sp³-hybridized carbons (Fsp3) is 0. The molecule has 0 aromatic carbocycles. The smallest absolute Gasteiger partial charge is 0.411 e. The summed E-state index contributed by atoms with van der Waals surface area (Å²) in [6, 6.07) is 12.5. The van der Waals surface area contributed by atoms with Crippen LogP contribution in [0.3, 0.4) is 0 Å². The Morgan fingerprint density at radius 1 is 0.913 bits per heavy atom. The van der Waals surface area contributed by atoms with Gasteiger partial charge in [0.25, 0.3) is 0 Å². The highest BCUT2D eigenvalue weighted by Gasteiger charge is 2.25. The van der Waals surface area contributed by atoms with Crippen LogP contribution in [0.1, 0.15) is 11.4 Å². The quantitative estimate of drug-likeness (QED) is 0.323. The Kier molecular flexibility index (Phi) is 4.05. The van der Waals surface area contributed by atoms with Crippen molar-refractivity contribution < 1.29 is 24.1 Å². The molecule has 0 unspecified atom stereocenters. The Labute approximate surface area is 130 Å². The maximum Gasteiger partial charge on any atom is 0.432 e. The molecule has 23 heavy (non-hydrogen) atoms. The molecule has 8 nitrogen and oxygen atoms in total. The van der Waals surface area contributed by atoms with Gasteiger partial charge in [-0.2, -0.15) is 9.09 Å². The second-order valence-electron chi connectivity index (χ2n) is 4.50. The number of rotatable bonds is 4.